The Morgan fingerprint density at radius 2 is 1.87 bits per heavy atom. The Morgan fingerprint density at radius 3 is 2.55 bits per heavy atom. The number of benzene rings is 2. The van der Waals surface area contributed by atoms with Crippen LogP contribution in [0.25, 0.3) is 21.9 Å². The number of carboxylic acid groups (broad SMARTS) is 1. The van der Waals surface area contributed by atoms with Crippen LogP contribution in [-0.4, -0.2) is 27.9 Å². The quantitative estimate of drug-likeness (QED) is 0.672. The van der Waals surface area contributed by atoms with Gasteiger partial charge in [-0.2, -0.15) is 0 Å². The lowest BCUT2D eigenvalue weighted by Gasteiger charge is -2.29. The van der Waals surface area contributed by atoms with E-state index in [0.29, 0.717) is 28.6 Å². The minimum atomic E-state index is -1.31. The monoisotopic (exact) mass is 421 g/mol. The third-order valence-corrected chi connectivity index (χ3v) is 5.50. The molecular formula is C25H27NO5. The van der Waals surface area contributed by atoms with Crippen LogP contribution in [0.15, 0.2) is 47.3 Å². The number of hydrogen-bond donors (Lipinski definition) is 1. The molecule has 162 valence electrons. The van der Waals surface area contributed by atoms with Crippen LogP contribution < -0.4 is 10.3 Å². The predicted molar refractivity (Wildman–Crippen MR) is 120 cm³/mol. The zero-order chi connectivity index (χ0) is 22.3. The zero-order valence-corrected chi connectivity index (χ0v) is 18.3. The molecule has 0 bridgehead atoms. The molecule has 1 N–H and O–H groups in total. The van der Waals surface area contributed by atoms with Crippen molar-refractivity contribution >= 4 is 16.7 Å². The van der Waals surface area contributed by atoms with E-state index >= 15 is 0 Å². The molecule has 0 saturated heterocycles. The Kier molecular flexibility index (Phi) is 5.35. The van der Waals surface area contributed by atoms with Crippen LogP contribution >= 0.6 is 0 Å². The molecule has 0 aliphatic carbocycles. The largest absolute Gasteiger partial charge is 0.493 e. The highest BCUT2D eigenvalue weighted by molar-refractivity contribution is 5.99. The molecule has 0 fully saturated rings. The summed E-state index contributed by atoms with van der Waals surface area (Å²) in [5, 5.41) is 11.3. The molecule has 4 rings (SSSR count). The fourth-order valence-electron chi connectivity index (χ4n) is 4.17. The van der Waals surface area contributed by atoms with Gasteiger partial charge >= 0.3 is 5.97 Å². The fraction of sp³-hybridized carbons (Fsp3) is 0.360. The highest BCUT2D eigenvalue weighted by Gasteiger charge is 2.33. The first kappa shape index (κ1) is 21.1. The fourth-order valence-corrected chi connectivity index (χ4v) is 4.17. The molecule has 1 aliphatic heterocycles. The summed E-state index contributed by atoms with van der Waals surface area (Å²) in [6, 6.07) is 13.2. The van der Waals surface area contributed by atoms with Gasteiger partial charge in [0.2, 0.25) is 0 Å². The van der Waals surface area contributed by atoms with E-state index in [2.05, 4.69) is 0 Å². The van der Waals surface area contributed by atoms with E-state index in [1.807, 2.05) is 36.4 Å². The topological polar surface area (TPSA) is 77.8 Å². The number of rotatable bonds is 4. The Labute approximate surface area is 181 Å². The van der Waals surface area contributed by atoms with Crippen molar-refractivity contribution in [3.63, 3.8) is 0 Å². The normalized spacial score (nSPS) is 14.7. The minimum Gasteiger partial charge on any atom is -0.493 e. The molecule has 1 aliphatic rings. The maximum Gasteiger partial charge on any atom is 0.339 e. The molecule has 2 heterocycles. The molecule has 1 atom stereocenters. The lowest BCUT2D eigenvalue weighted by molar-refractivity contribution is -0.161. The van der Waals surface area contributed by atoms with Crippen molar-refractivity contribution in [3.05, 3.63) is 64.1 Å². The average Bonchev–Trinajstić information content (AvgIpc) is 2.73. The van der Waals surface area contributed by atoms with Gasteiger partial charge in [-0.05, 0) is 62.3 Å². The van der Waals surface area contributed by atoms with Gasteiger partial charge in [0, 0.05) is 18.0 Å². The van der Waals surface area contributed by atoms with E-state index in [4.69, 9.17) is 9.47 Å². The van der Waals surface area contributed by atoms with Crippen LogP contribution in [0.2, 0.25) is 0 Å². The third-order valence-electron chi connectivity index (χ3n) is 5.50. The smallest absolute Gasteiger partial charge is 0.339 e. The van der Waals surface area contributed by atoms with E-state index in [-0.39, 0.29) is 5.56 Å². The van der Waals surface area contributed by atoms with Gasteiger partial charge in [0.25, 0.3) is 5.56 Å². The summed E-state index contributed by atoms with van der Waals surface area (Å²) in [4.78, 5) is 25.5. The second-order valence-corrected chi connectivity index (χ2v) is 8.89. The number of pyridine rings is 1. The molecule has 31 heavy (non-hydrogen) atoms. The van der Waals surface area contributed by atoms with Gasteiger partial charge in [-0.3, -0.25) is 4.79 Å². The molecule has 3 aromatic rings. The molecule has 0 saturated carbocycles. The first-order chi connectivity index (χ1) is 14.7. The third kappa shape index (κ3) is 3.95. The second kappa shape index (κ2) is 7.85. The molecule has 1 aromatic heterocycles. The maximum absolute atomic E-state index is 13.1. The number of aryl methyl sites for hydroxylation is 1. The number of carbonyl (C=O) groups is 1. The van der Waals surface area contributed by atoms with Gasteiger partial charge < -0.3 is 19.1 Å². The van der Waals surface area contributed by atoms with Crippen LogP contribution in [-0.2, 0) is 23.0 Å². The number of aliphatic carboxylic acids is 1. The highest BCUT2D eigenvalue weighted by Crippen LogP contribution is 2.39. The maximum atomic E-state index is 13.1. The Morgan fingerprint density at radius 1 is 1.16 bits per heavy atom. The van der Waals surface area contributed by atoms with Gasteiger partial charge in [-0.1, -0.05) is 30.3 Å². The second-order valence-electron chi connectivity index (χ2n) is 8.89. The molecule has 0 amide bonds. The number of carboxylic acids is 1. The van der Waals surface area contributed by atoms with Gasteiger partial charge in [0.1, 0.15) is 5.75 Å². The van der Waals surface area contributed by atoms with Gasteiger partial charge in [0.15, 0.2) is 6.10 Å². The van der Waals surface area contributed by atoms with Crippen LogP contribution in [0, 0.1) is 0 Å². The highest BCUT2D eigenvalue weighted by atomic mass is 16.5. The summed E-state index contributed by atoms with van der Waals surface area (Å²) in [6.07, 6.45) is 0.608. The SMILES string of the molecule is Cn1c(C(OC(C)(C)C)C(=O)O)c(-c2ccc3c(c2)OCCC3)c2ccccc2c1=O. The van der Waals surface area contributed by atoms with Crippen molar-refractivity contribution in [1.29, 1.82) is 0 Å². The molecule has 6 heteroatoms. The first-order valence-corrected chi connectivity index (χ1v) is 10.5. The Bertz CT molecular complexity index is 1220. The van der Waals surface area contributed by atoms with E-state index in [0.717, 1.165) is 29.7 Å². The number of aromatic nitrogens is 1. The lowest BCUT2D eigenvalue weighted by Crippen LogP contribution is -2.32. The van der Waals surface area contributed by atoms with Crippen LogP contribution in [0.3, 0.4) is 0 Å². The average molecular weight is 421 g/mol. The first-order valence-electron chi connectivity index (χ1n) is 10.5. The number of nitrogens with zero attached hydrogens (tertiary/aromatic N) is 1. The van der Waals surface area contributed by atoms with Gasteiger partial charge in [-0.25, -0.2) is 4.79 Å². The molecule has 1 unspecified atom stereocenters. The summed E-state index contributed by atoms with van der Waals surface area (Å²) >= 11 is 0. The van der Waals surface area contributed by atoms with Crippen LogP contribution in [0.5, 0.6) is 5.75 Å². The van der Waals surface area contributed by atoms with Crippen molar-refractivity contribution in [3.8, 4) is 16.9 Å². The van der Waals surface area contributed by atoms with Gasteiger partial charge in [-0.15, -0.1) is 0 Å². The number of ether oxygens (including phenoxy) is 2. The van der Waals surface area contributed by atoms with Crippen molar-refractivity contribution in [2.75, 3.05) is 6.61 Å². The summed E-state index contributed by atoms with van der Waals surface area (Å²) in [5.74, 6) is -0.341. The number of hydrogen-bond acceptors (Lipinski definition) is 4. The Hall–Kier alpha value is -3.12. The summed E-state index contributed by atoms with van der Waals surface area (Å²) in [7, 11) is 1.60. The Balaban J connectivity index is 2.07. The summed E-state index contributed by atoms with van der Waals surface area (Å²) < 4.78 is 13.2. The van der Waals surface area contributed by atoms with Crippen LogP contribution in [0.1, 0.15) is 44.6 Å². The predicted octanol–water partition coefficient (Wildman–Crippen LogP) is 4.47. The van der Waals surface area contributed by atoms with E-state index in [9.17, 15) is 14.7 Å². The standard InChI is InChI=1S/C25H27NO5/c1-25(2,3)31-22(24(28)29)21-20(16-12-11-15-8-7-13-30-19(15)14-16)17-9-5-6-10-18(17)23(27)26(21)4/h5-6,9-12,14,22H,7-8,13H2,1-4H3,(H,28,29). The molecular weight excluding hydrogens is 394 g/mol. The van der Waals surface area contributed by atoms with Crippen LogP contribution in [0.4, 0.5) is 0 Å². The minimum absolute atomic E-state index is 0.257. The lowest BCUT2D eigenvalue weighted by atomic mass is 9.92. The zero-order valence-electron chi connectivity index (χ0n) is 18.3. The summed E-state index contributed by atoms with van der Waals surface area (Å²) in [5.41, 5.74) is 1.94. The molecule has 0 radical (unpaired) electrons. The van der Waals surface area contributed by atoms with E-state index < -0.39 is 17.7 Å². The van der Waals surface area contributed by atoms with Crippen molar-refractivity contribution in [1.82, 2.24) is 4.57 Å². The number of fused-ring (bicyclic) bond motifs is 2. The van der Waals surface area contributed by atoms with E-state index in [1.165, 1.54) is 4.57 Å². The van der Waals surface area contributed by atoms with Crippen molar-refractivity contribution in [2.24, 2.45) is 7.05 Å². The van der Waals surface area contributed by atoms with E-state index in [1.54, 1.807) is 33.9 Å². The van der Waals surface area contributed by atoms with Crippen molar-refractivity contribution < 1.29 is 19.4 Å². The molecule has 2 aromatic carbocycles. The molecule has 6 nitrogen and oxygen atoms in total. The van der Waals surface area contributed by atoms with Gasteiger partial charge in [0.05, 0.1) is 17.9 Å². The molecule has 0 spiro atoms. The summed E-state index contributed by atoms with van der Waals surface area (Å²) in [6.45, 7) is 6.06. The van der Waals surface area contributed by atoms with Crippen molar-refractivity contribution in [2.45, 2.75) is 45.3 Å².